The van der Waals surface area contributed by atoms with Crippen molar-refractivity contribution in [3.05, 3.63) is 23.3 Å². The van der Waals surface area contributed by atoms with Gasteiger partial charge in [0.05, 0.1) is 57.5 Å². The fourth-order valence-corrected chi connectivity index (χ4v) is 5.11. The van der Waals surface area contributed by atoms with E-state index in [1.54, 1.807) is 17.0 Å². The number of carbonyl (C=O) groups is 2. The summed E-state index contributed by atoms with van der Waals surface area (Å²) in [5.74, 6) is -2.12. The second-order valence-electron chi connectivity index (χ2n) is 10.1. The molecule has 0 bridgehead atoms. The molecule has 11 heteroatoms. The van der Waals surface area contributed by atoms with Crippen molar-refractivity contribution in [3.63, 3.8) is 0 Å². The Morgan fingerprint density at radius 1 is 1.31 bits per heavy atom. The van der Waals surface area contributed by atoms with Gasteiger partial charge in [-0.1, -0.05) is 18.3 Å². The molecule has 1 aromatic rings. The summed E-state index contributed by atoms with van der Waals surface area (Å²) in [6.07, 6.45) is 0.363. The van der Waals surface area contributed by atoms with E-state index in [1.165, 1.54) is 0 Å². The number of rotatable bonds is 5. The molecule has 0 aromatic heterocycles. The number of hydrogen-bond acceptors (Lipinski definition) is 8. The van der Waals surface area contributed by atoms with Crippen LogP contribution in [0.3, 0.4) is 0 Å². The maximum Gasteiger partial charge on any atom is 0.434 e. The van der Waals surface area contributed by atoms with Crippen molar-refractivity contribution >= 4 is 18.6 Å². The minimum atomic E-state index is -3.11. The number of nitrogens with zero attached hydrogens (tertiary/aromatic N) is 2. The van der Waals surface area contributed by atoms with Gasteiger partial charge in [0.1, 0.15) is 31.0 Å². The summed E-state index contributed by atoms with van der Waals surface area (Å²) in [5, 5.41) is 32.1. The fraction of sp³-hybridized carbons (Fsp3) is 0.619. The van der Waals surface area contributed by atoms with Crippen molar-refractivity contribution < 1.29 is 43.4 Å². The van der Waals surface area contributed by atoms with Crippen LogP contribution in [0.4, 0.5) is 0 Å². The minimum Gasteiger partial charge on any atom is -0.669 e. The number of benzene rings is 1. The summed E-state index contributed by atoms with van der Waals surface area (Å²) in [5.41, 5.74) is 0.309. The van der Waals surface area contributed by atoms with Crippen molar-refractivity contribution in [2.24, 2.45) is 0 Å². The first-order chi connectivity index (χ1) is 15.0. The highest BCUT2D eigenvalue weighted by Crippen LogP contribution is 2.63. The van der Waals surface area contributed by atoms with Gasteiger partial charge in [-0.2, -0.15) is 0 Å². The summed E-state index contributed by atoms with van der Waals surface area (Å²) >= 11 is 0. The van der Waals surface area contributed by atoms with Crippen LogP contribution in [0, 0.1) is 0 Å². The predicted molar refractivity (Wildman–Crippen MR) is 110 cm³/mol. The Morgan fingerprint density at radius 2 is 2.06 bits per heavy atom. The van der Waals surface area contributed by atoms with Crippen molar-refractivity contribution in [2.75, 3.05) is 46.9 Å². The van der Waals surface area contributed by atoms with Gasteiger partial charge in [0.2, 0.25) is 5.91 Å². The summed E-state index contributed by atoms with van der Waals surface area (Å²) in [4.78, 5) is 26.1. The van der Waals surface area contributed by atoms with Crippen molar-refractivity contribution in [1.29, 1.82) is 0 Å². The normalized spacial score (nSPS) is 29.8. The molecule has 1 aliphatic carbocycles. The van der Waals surface area contributed by atoms with Crippen LogP contribution in [-0.4, -0.2) is 97.2 Å². The largest absolute Gasteiger partial charge is 0.669 e. The summed E-state index contributed by atoms with van der Waals surface area (Å²) in [7, 11) is 4.24. The Labute approximate surface area is 185 Å². The number of carboxylic acids is 1. The number of carboxylic acid groups (broad SMARTS) is 1. The Hall–Kier alpha value is -2.34. The fourth-order valence-electron chi connectivity index (χ4n) is 5.11. The predicted octanol–water partition coefficient (Wildman–Crippen LogP) is -1.32. The zero-order valence-corrected chi connectivity index (χ0v) is 18.2. The van der Waals surface area contributed by atoms with E-state index in [2.05, 4.69) is 14.1 Å². The van der Waals surface area contributed by atoms with Crippen molar-refractivity contribution in [2.45, 2.75) is 36.8 Å². The Balaban J connectivity index is 1.23. The molecule has 1 aromatic carbocycles. The third-order valence-electron chi connectivity index (χ3n) is 7.09. The lowest BCUT2D eigenvalue weighted by atomic mass is 9.68. The highest BCUT2D eigenvalue weighted by molar-refractivity contribution is 6.62. The number of morpholine rings is 1. The number of amides is 1. The van der Waals surface area contributed by atoms with Gasteiger partial charge < -0.3 is 43.5 Å². The van der Waals surface area contributed by atoms with Crippen LogP contribution in [0.2, 0.25) is 5.82 Å². The van der Waals surface area contributed by atoms with E-state index >= 15 is 0 Å². The number of ether oxygens (including phenoxy) is 2. The van der Waals surface area contributed by atoms with E-state index < -0.39 is 18.5 Å². The monoisotopic (exact) mass is 447 g/mol. The molecular formula is C21H28BN2O8-. The molecule has 3 aliphatic heterocycles. The van der Waals surface area contributed by atoms with Gasteiger partial charge in [-0.25, -0.2) is 0 Å². The molecule has 0 spiro atoms. The maximum absolute atomic E-state index is 12.6. The number of hydrogen-bond donors (Lipinski definition) is 2. The molecule has 3 heterocycles. The molecule has 0 unspecified atom stereocenters. The molecule has 2 N–H and O–H groups in total. The van der Waals surface area contributed by atoms with Crippen molar-refractivity contribution in [3.8, 4) is 11.5 Å². The first-order valence-corrected chi connectivity index (χ1v) is 11.1. The third kappa shape index (κ3) is 3.83. The van der Waals surface area contributed by atoms with Crippen LogP contribution in [-0.2, 0) is 9.53 Å². The van der Waals surface area contributed by atoms with Gasteiger partial charge in [0.25, 0.3) is 0 Å². The number of aromatic carboxylic acids is 1. The Bertz CT molecular complexity index is 961. The van der Waals surface area contributed by atoms with E-state index in [4.69, 9.17) is 14.1 Å². The zero-order chi connectivity index (χ0) is 22.8. The summed E-state index contributed by atoms with van der Waals surface area (Å²) < 4.78 is 17.7. The molecule has 174 valence electrons. The van der Waals surface area contributed by atoms with Gasteiger partial charge in [0.15, 0.2) is 0 Å². The van der Waals surface area contributed by atoms with Crippen molar-refractivity contribution in [1.82, 2.24) is 4.90 Å². The molecule has 3 atom stereocenters. The van der Waals surface area contributed by atoms with E-state index in [-0.39, 0.29) is 41.1 Å². The molecule has 32 heavy (non-hydrogen) atoms. The molecule has 1 saturated carbocycles. The lowest BCUT2D eigenvalue weighted by Crippen LogP contribution is -2.58. The smallest absolute Gasteiger partial charge is 0.434 e. The molecule has 0 radical (unpaired) electrons. The zero-order valence-electron chi connectivity index (χ0n) is 18.2. The van der Waals surface area contributed by atoms with Gasteiger partial charge >= 0.3 is 6.75 Å². The van der Waals surface area contributed by atoms with E-state index in [9.17, 15) is 24.7 Å². The van der Waals surface area contributed by atoms with Gasteiger partial charge in [-0.05, 0) is 17.5 Å². The topological polar surface area (TPSA) is 129 Å². The number of likely N-dealkylation sites (N-methyl/N-ethyl adjacent to an activating group) is 1. The van der Waals surface area contributed by atoms with Gasteiger partial charge in [-0.3, -0.25) is 4.79 Å². The van der Waals surface area contributed by atoms with E-state index in [0.29, 0.717) is 38.1 Å². The quantitative estimate of drug-likeness (QED) is 0.420. The molecule has 3 fully saturated rings. The maximum atomic E-state index is 12.6. The van der Waals surface area contributed by atoms with Gasteiger partial charge in [-0.15, -0.1) is 0 Å². The van der Waals surface area contributed by atoms with Crippen LogP contribution >= 0.6 is 0 Å². The number of fused-ring (bicyclic) bond motifs is 3. The SMILES string of the molecule is C[N+]1(C)CCO[C@H](CC(=O)N2CC(Oc3ccc4c(c3C(=O)[O-])O[B-](O)(O)[C@@H]3C[C@H]43)C2)C1. The van der Waals surface area contributed by atoms with Crippen LogP contribution < -0.4 is 14.5 Å². The molecule has 1 amide bonds. The average molecular weight is 447 g/mol. The summed E-state index contributed by atoms with van der Waals surface area (Å²) in [6.45, 7) is -0.0953. The van der Waals surface area contributed by atoms with E-state index in [1.807, 2.05) is 0 Å². The molecular weight excluding hydrogens is 419 g/mol. The highest BCUT2D eigenvalue weighted by atomic mass is 16.6. The van der Waals surface area contributed by atoms with Gasteiger partial charge in [0, 0.05) is 0 Å². The number of quaternary nitrogens is 1. The molecule has 2 saturated heterocycles. The minimum absolute atomic E-state index is 0.0153. The van der Waals surface area contributed by atoms with Crippen LogP contribution in [0.15, 0.2) is 12.1 Å². The highest BCUT2D eigenvalue weighted by Gasteiger charge is 2.55. The molecule has 4 aliphatic rings. The lowest BCUT2D eigenvalue weighted by Gasteiger charge is -2.42. The standard InChI is InChI=1S/C21H29BN2O8/c1-24(2)5-6-30-12(11-24)7-18(25)23-9-13(10-23)31-17-4-3-14-15-8-16(15)22(28,29)32-20(14)19(17)21(26)27/h3-4,12-13,15-16,28-29H,5-11H2,1-2H3,(H,26,27)/p-1/t12-,15-,16-/m1/s1. The second kappa shape index (κ2) is 7.34. The second-order valence-corrected chi connectivity index (χ2v) is 10.1. The Kier molecular flexibility index (Phi) is 4.93. The summed E-state index contributed by atoms with van der Waals surface area (Å²) in [6, 6.07) is 3.26. The van der Waals surface area contributed by atoms with Crippen LogP contribution in [0.1, 0.15) is 34.7 Å². The first-order valence-electron chi connectivity index (χ1n) is 11.1. The third-order valence-corrected chi connectivity index (χ3v) is 7.09. The number of likely N-dealkylation sites (tertiary alicyclic amines) is 1. The average Bonchev–Trinajstić information content (AvgIpc) is 3.44. The lowest BCUT2D eigenvalue weighted by molar-refractivity contribution is -0.901. The Morgan fingerprint density at radius 3 is 2.75 bits per heavy atom. The molecule has 10 nitrogen and oxygen atoms in total. The number of carbonyl (C=O) groups excluding carboxylic acids is 2. The first kappa shape index (κ1) is 21.5. The molecule has 5 rings (SSSR count). The van der Waals surface area contributed by atoms with E-state index in [0.717, 1.165) is 17.6 Å². The van der Waals surface area contributed by atoms with Crippen LogP contribution in [0.5, 0.6) is 11.5 Å². The van der Waals surface area contributed by atoms with Crippen LogP contribution in [0.25, 0.3) is 0 Å².